The van der Waals surface area contributed by atoms with Gasteiger partial charge >= 0.3 is 5.97 Å². The standard InChI is InChI=1S/C17H19NO3/c1-2-13-7-6-10-15(11-13)21-12-17(18,16(19)20)14-8-4-3-5-9-14/h3-11H,2,12,18H2,1H3,(H,19,20). The average molecular weight is 285 g/mol. The Morgan fingerprint density at radius 2 is 1.90 bits per heavy atom. The first-order valence-electron chi connectivity index (χ1n) is 6.86. The van der Waals surface area contributed by atoms with Crippen LogP contribution in [0, 0.1) is 0 Å². The average Bonchev–Trinajstić information content (AvgIpc) is 2.53. The smallest absolute Gasteiger partial charge is 0.331 e. The third-order valence-corrected chi connectivity index (χ3v) is 3.44. The largest absolute Gasteiger partial charge is 0.491 e. The van der Waals surface area contributed by atoms with Crippen LogP contribution in [0.15, 0.2) is 54.6 Å². The molecule has 0 aliphatic heterocycles. The Kier molecular flexibility index (Phi) is 4.60. The Morgan fingerprint density at radius 1 is 1.19 bits per heavy atom. The van der Waals surface area contributed by atoms with Crippen molar-refractivity contribution in [1.29, 1.82) is 0 Å². The first-order chi connectivity index (χ1) is 10.1. The molecule has 0 saturated carbocycles. The van der Waals surface area contributed by atoms with Crippen LogP contribution in [0.5, 0.6) is 5.75 Å². The molecule has 2 aromatic rings. The van der Waals surface area contributed by atoms with Gasteiger partial charge in [-0.2, -0.15) is 0 Å². The van der Waals surface area contributed by atoms with Gasteiger partial charge < -0.3 is 15.6 Å². The molecule has 110 valence electrons. The van der Waals surface area contributed by atoms with Crippen LogP contribution in [0.2, 0.25) is 0 Å². The second kappa shape index (κ2) is 6.41. The fourth-order valence-electron chi connectivity index (χ4n) is 2.06. The molecule has 0 aliphatic carbocycles. The summed E-state index contributed by atoms with van der Waals surface area (Å²) in [7, 11) is 0. The summed E-state index contributed by atoms with van der Waals surface area (Å²) in [5, 5.41) is 9.46. The summed E-state index contributed by atoms with van der Waals surface area (Å²) in [6.45, 7) is 1.92. The molecular weight excluding hydrogens is 266 g/mol. The number of hydrogen-bond donors (Lipinski definition) is 2. The molecule has 2 rings (SSSR count). The molecule has 0 spiro atoms. The lowest BCUT2D eigenvalue weighted by molar-refractivity contribution is -0.145. The van der Waals surface area contributed by atoms with Crippen LogP contribution < -0.4 is 10.5 Å². The highest BCUT2D eigenvalue weighted by molar-refractivity contribution is 5.80. The van der Waals surface area contributed by atoms with Gasteiger partial charge in [-0.1, -0.05) is 49.4 Å². The number of aryl methyl sites for hydroxylation is 1. The fraction of sp³-hybridized carbons (Fsp3) is 0.235. The molecule has 1 atom stereocenters. The van der Waals surface area contributed by atoms with Crippen molar-refractivity contribution in [2.75, 3.05) is 6.61 Å². The van der Waals surface area contributed by atoms with Crippen molar-refractivity contribution in [2.45, 2.75) is 18.9 Å². The summed E-state index contributed by atoms with van der Waals surface area (Å²) in [6, 6.07) is 16.3. The van der Waals surface area contributed by atoms with Crippen molar-refractivity contribution in [2.24, 2.45) is 5.73 Å². The molecule has 4 heteroatoms. The van der Waals surface area contributed by atoms with E-state index in [0.717, 1.165) is 12.0 Å². The van der Waals surface area contributed by atoms with Gasteiger partial charge in [-0.05, 0) is 29.7 Å². The zero-order valence-corrected chi connectivity index (χ0v) is 12.0. The molecule has 4 nitrogen and oxygen atoms in total. The Labute approximate surface area is 124 Å². The second-order valence-electron chi connectivity index (χ2n) is 4.93. The third-order valence-electron chi connectivity index (χ3n) is 3.44. The van der Waals surface area contributed by atoms with Gasteiger partial charge in [0.25, 0.3) is 0 Å². The van der Waals surface area contributed by atoms with Gasteiger partial charge in [-0.15, -0.1) is 0 Å². The molecule has 0 saturated heterocycles. The number of benzene rings is 2. The first kappa shape index (κ1) is 15.1. The summed E-state index contributed by atoms with van der Waals surface area (Å²) >= 11 is 0. The van der Waals surface area contributed by atoms with E-state index in [0.29, 0.717) is 11.3 Å². The van der Waals surface area contributed by atoms with E-state index in [9.17, 15) is 9.90 Å². The van der Waals surface area contributed by atoms with E-state index in [2.05, 4.69) is 0 Å². The number of rotatable bonds is 6. The van der Waals surface area contributed by atoms with E-state index in [1.165, 1.54) is 0 Å². The Morgan fingerprint density at radius 3 is 2.52 bits per heavy atom. The van der Waals surface area contributed by atoms with E-state index in [-0.39, 0.29) is 6.61 Å². The van der Waals surface area contributed by atoms with Gasteiger partial charge in [0, 0.05) is 0 Å². The maximum atomic E-state index is 11.6. The number of carbonyl (C=O) groups is 1. The lowest BCUT2D eigenvalue weighted by Crippen LogP contribution is -2.49. The molecule has 2 aromatic carbocycles. The van der Waals surface area contributed by atoms with E-state index in [1.807, 2.05) is 31.2 Å². The molecular formula is C17H19NO3. The van der Waals surface area contributed by atoms with Gasteiger partial charge in [0.15, 0.2) is 5.54 Å². The quantitative estimate of drug-likeness (QED) is 0.855. The molecule has 0 bridgehead atoms. The predicted molar refractivity (Wildman–Crippen MR) is 81.3 cm³/mol. The zero-order chi connectivity index (χ0) is 15.3. The normalized spacial score (nSPS) is 13.4. The lowest BCUT2D eigenvalue weighted by atomic mass is 9.92. The minimum Gasteiger partial charge on any atom is -0.491 e. The number of aliphatic carboxylic acids is 1. The van der Waals surface area contributed by atoms with Crippen molar-refractivity contribution >= 4 is 5.97 Å². The van der Waals surface area contributed by atoms with Gasteiger partial charge in [0.1, 0.15) is 12.4 Å². The topological polar surface area (TPSA) is 72.5 Å². The maximum absolute atomic E-state index is 11.6. The van der Waals surface area contributed by atoms with Crippen molar-refractivity contribution in [3.63, 3.8) is 0 Å². The number of carboxylic acids is 1. The van der Waals surface area contributed by atoms with Crippen LogP contribution in [-0.2, 0) is 16.8 Å². The van der Waals surface area contributed by atoms with Crippen molar-refractivity contribution in [1.82, 2.24) is 0 Å². The van der Waals surface area contributed by atoms with E-state index < -0.39 is 11.5 Å². The first-order valence-corrected chi connectivity index (χ1v) is 6.86. The van der Waals surface area contributed by atoms with Crippen LogP contribution in [0.4, 0.5) is 0 Å². The van der Waals surface area contributed by atoms with Crippen LogP contribution in [0.25, 0.3) is 0 Å². The summed E-state index contributed by atoms with van der Waals surface area (Å²) in [5.74, 6) is -0.485. The third kappa shape index (κ3) is 3.41. The van der Waals surface area contributed by atoms with Crippen molar-refractivity contribution < 1.29 is 14.6 Å². The Balaban J connectivity index is 2.19. The molecule has 0 fully saturated rings. The summed E-state index contributed by atoms with van der Waals surface area (Å²) in [5.41, 5.74) is 6.14. The lowest BCUT2D eigenvalue weighted by Gasteiger charge is -2.25. The summed E-state index contributed by atoms with van der Waals surface area (Å²) < 4.78 is 5.62. The molecule has 0 aromatic heterocycles. The highest BCUT2D eigenvalue weighted by atomic mass is 16.5. The minimum absolute atomic E-state index is 0.125. The number of nitrogens with two attached hydrogens (primary N) is 1. The van der Waals surface area contributed by atoms with Gasteiger partial charge in [-0.3, -0.25) is 0 Å². The van der Waals surface area contributed by atoms with Gasteiger partial charge in [0.2, 0.25) is 0 Å². The Bertz CT molecular complexity index is 612. The molecule has 0 heterocycles. The molecule has 0 aliphatic rings. The summed E-state index contributed by atoms with van der Waals surface area (Å²) in [6.07, 6.45) is 0.891. The SMILES string of the molecule is CCc1cccc(OCC(N)(C(=O)O)c2ccccc2)c1. The van der Waals surface area contributed by atoms with E-state index in [1.54, 1.807) is 30.3 Å². The van der Waals surface area contributed by atoms with E-state index >= 15 is 0 Å². The van der Waals surface area contributed by atoms with Crippen molar-refractivity contribution in [3.8, 4) is 5.75 Å². The fourth-order valence-corrected chi connectivity index (χ4v) is 2.06. The zero-order valence-electron chi connectivity index (χ0n) is 12.0. The molecule has 1 unspecified atom stereocenters. The van der Waals surface area contributed by atoms with Crippen LogP contribution in [-0.4, -0.2) is 17.7 Å². The summed E-state index contributed by atoms with van der Waals surface area (Å²) in [4.78, 5) is 11.6. The number of carboxylic acid groups (broad SMARTS) is 1. The van der Waals surface area contributed by atoms with Gasteiger partial charge in [0.05, 0.1) is 0 Å². The molecule has 0 radical (unpaired) electrons. The second-order valence-corrected chi connectivity index (χ2v) is 4.93. The monoisotopic (exact) mass is 285 g/mol. The highest BCUT2D eigenvalue weighted by Crippen LogP contribution is 2.21. The van der Waals surface area contributed by atoms with Crippen LogP contribution >= 0.6 is 0 Å². The Hall–Kier alpha value is -2.33. The van der Waals surface area contributed by atoms with Crippen LogP contribution in [0.1, 0.15) is 18.1 Å². The predicted octanol–water partition coefficient (Wildman–Crippen LogP) is 2.57. The molecule has 0 amide bonds. The molecule has 21 heavy (non-hydrogen) atoms. The number of hydrogen-bond acceptors (Lipinski definition) is 3. The van der Waals surface area contributed by atoms with E-state index in [4.69, 9.17) is 10.5 Å². The van der Waals surface area contributed by atoms with Crippen molar-refractivity contribution in [3.05, 3.63) is 65.7 Å². The maximum Gasteiger partial charge on any atom is 0.331 e. The highest BCUT2D eigenvalue weighted by Gasteiger charge is 2.37. The molecule has 3 N–H and O–H groups in total. The van der Waals surface area contributed by atoms with Gasteiger partial charge in [-0.25, -0.2) is 4.79 Å². The minimum atomic E-state index is -1.57. The van der Waals surface area contributed by atoms with Crippen LogP contribution in [0.3, 0.4) is 0 Å². The number of ether oxygens (including phenoxy) is 1.